The molecule has 0 aliphatic carbocycles. The largest absolute Gasteiger partial charge is 0.493 e. The molecule has 7 nitrogen and oxygen atoms in total. The third kappa shape index (κ3) is 5.34. The summed E-state index contributed by atoms with van der Waals surface area (Å²) in [6.07, 6.45) is 2.90. The van der Waals surface area contributed by atoms with Gasteiger partial charge in [0.15, 0.2) is 11.5 Å². The Hall–Kier alpha value is -1.35. The highest BCUT2D eigenvalue weighted by Crippen LogP contribution is 2.29. The highest BCUT2D eigenvalue weighted by atomic mass is 32.2. The zero-order valence-corrected chi connectivity index (χ0v) is 14.9. The molecule has 1 unspecified atom stereocenters. The third-order valence-corrected chi connectivity index (χ3v) is 5.21. The van der Waals surface area contributed by atoms with E-state index in [9.17, 15) is 8.42 Å². The number of methoxy groups -OCH3 is 2. The second-order valence-electron chi connectivity index (χ2n) is 5.48. The van der Waals surface area contributed by atoms with Crippen molar-refractivity contribution in [2.75, 3.05) is 40.6 Å². The fraction of sp³-hybridized carbons (Fsp3) is 0.625. The Labute approximate surface area is 143 Å². The van der Waals surface area contributed by atoms with Gasteiger partial charge in [0.2, 0.25) is 10.0 Å². The number of sulfonamides is 1. The number of rotatable bonds is 10. The van der Waals surface area contributed by atoms with Crippen molar-refractivity contribution in [3.8, 4) is 11.5 Å². The van der Waals surface area contributed by atoms with E-state index < -0.39 is 10.0 Å². The summed E-state index contributed by atoms with van der Waals surface area (Å²) in [5.74, 6) is 0.860. The molecule has 0 amide bonds. The molecule has 0 spiro atoms. The zero-order valence-electron chi connectivity index (χ0n) is 14.1. The van der Waals surface area contributed by atoms with Gasteiger partial charge in [0.05, 0.1) is 31.8 Å². The molecule has 8 heteroatoms. The molecule has 2 rings (SSSR count). The molecule has 0 aromatic heterocycles. The average Bonchev–Trinajstić information content (AvgIpc) is 3.10. The second-order valence-corrected chi connectivity index (χ2v) is 7.25. The SMILES string of the molecule is COc1ccc(S(=O)(=O)NCCCOCC2CCCO2)cc1OC. The quantitative estimate of drug-likeness (QED) is 0.639. The lowest BCUT2D eigenvalue weighted by molar-refractivity contribution is 0.0169. The molecule has 1 N–H and O–H groups in total. The number of hydrogen-bond donors (Lipinski definition) is 1. The van der Waals surface area contributed by atoms with E-state index in [1.54, 1.807) is 6.07 Å². The first kappa shape index (κ1) is 19.0. The van der Waals surface area contributed by atoms with E-state index >= 15 is 0 Å². The summed E-state index contributed by atoms with van der Waals surface area (Å²) in [5.41, 5.74) is 0. The number of benzene rings is 1. The van der Waals surface area contributed by atoms with Crippen molar-refractivity contribution in [1.82, 2.24) is 4.72 Å². The van der Waals surface area contributed by atoms with Gasteiger partial charge in [-0.1, -0.05) is 0 Å². The van der Waals surface area contributed by atoms with Crippen LogP contribution >= 0.6 is 0 Å². The molecular formula is C16H25NO6S. The zero-order chi connectivity index (χ0) is 17.4. The van der Waals surface area contributed by atoms with Gasteiger partial charge in [0.25, 0.3) is 0 Å². The van der Waals surface area contributed by atoms with Crippen LogP contribution in [0.4, 0.5) is 0 Å². The first-order valence-corrected chi connectivity index (χ1v) is 9.46. The van der Waals surface area contributed by atoms with Gasteiger partial charge in [0, 0.05) is 25.8 Å². The molecular weight excluding hydrogens is 334 g/mol. The Morgan fingerprint density at radius 1 is 1.25 bits per heavy atom. The van der Waals surface area contributed by atoms with Gasteiger partial charge in [-0.2, -0.15) is 0 Å². The molecule has 1 aliphatic rings. The van der Waals surface area contributed by atoms with Crippen LogP contribution in [0.3, 0.4) is 0 Å². The van der Waals surface area contributed by atoms with Crippen molar-refractivity contribution in [2.45, 2.75) is 30.3 Å². The molecule has 24 heavy (non-hydrogen) atoms. The first-order chi connectivity index (χ1) is 11.6. The van der Waals surface area contributed by atoms with E-state index in [4.69, 9.17) is 18.9 Å². The number of hydrogen-bond acceptors (Lipinski definition) is 6. The van der Waals surface area contributed by atoms with Gasteiger partial charge in [-0.25, -0.2) is 13.1 Å². The predicted molar refractivity (Wildman–Crippen MR) is 89.1 cm³/mol. The van der Waals surface area contributed by atoms with Crippen molar-refractivity contribution < 1.29 is 27.4 Å². The number of ether oxygens (including phenoxy) is 4. The summed E-state index contributed by atoms with van der Waals surface area (Å²) in [6.45, 7) is 2.18. The van der Waals surface area contributed by atoms with E-state index in [1.165, 1.54) is 26.4 Å². The van der Waals surface area contributed by atoms with Crippen LogP contribution in [0.5, 0.6) is 11.5 Å². The van der Waals surface area contributed by atoms with Crippen LogP contribution in [0.2, 0.25) is 0 Å². The van der Waals surface area contributed by atoms with E-state index in [2.05, 4.69) is 4.72 Å². The fourth-order valence-electron chi connectivity index (χ4n) is 2.44. The molecule has 1 saturated heterocycles. The molecule has 1 aromatic rings. The maximum absolute atomic E-state index is 12.3. The average molecular weight is 359 g/mol. The third-order valence-electron chi connectivity index (χ3n) is 3.75. The summed E-state index contributed by atoms with van der Waals surface area (Å²) in [5, 5.41) is 0. The first-order valence-electron chi connectivity index (χ1n) is 7.98. The maximum Gasteiger partial charge on any atom is 0.240 e. The van der Waals surface area contributed by atoms with E-state index in [1.807, 2.05) is 0 Å². The van der Waals surface area contributed by atoms with Crippen LogP contribution in [0.1, 0.15) is 19.3 Å². The normalized spacial score (nSPS) is 17.8. The standard InChI is InChI=1S/C16H25NO6S/c1-20-15-7-6-14(11-16(15)21-2)24(18,19)17-8-4-9-22-12-13-5-3-10-23-13/h6-7,11,13,17H,3-5,8-10,12H2,1-2H3. The van der Waals surface area contributed by atoms with E-state index in [0.717, 1.165) is 19.4 Å². The molecule has 1 aliphatic heterocycles. The summed E-state index contributed by atoms with van der Waals surface area (Å²) in [4.78, 5) is 0.139. The lowest BCUT2D eigenvalue weighted by Gasteiger charge is -2.12. The van der Waals surface area contributed by atoms with Gasteiger partial charge in [-0.15, -0.1) is 0 Å². The monoisotopic (exact) mass is 359 g/mol. The minimum Gasteiger partial charge on any atom is -0.493 e. The molecule has 136 valence electrons. The Kier molecular flexibility index (Phi) is 7.29. The predicted octanol–water partition coefficient (Wildman–Crippen LogP) is 1.57. The molecule has 1 aromatic carbocycles. The van der Waals surface area contributed by atoms with Crippen molar-refractivity contribution in [3.05, 3.63) is 18.2 Å². The minimum absolute atomic E-state index is 0.139. The highest BCUT2D eigenvalue weighted by molar-refractivity contribution is 7.89. The molecule has 0 saturated carbocycles. The molecule has 1 heterocycles. The van der Waals surface area contributed by atoms with Crippen LogP contribution in [-0.4, -0.2) is 55.1 Å². The summed E-state index contributed by atoms with van der Waals surface area (Å²) in [7, 11) is -0.620. The minimum atomic E-state index is -3.59. The van der Waals surface area contributed by atoms with Crippen molar-refractivity contribution >= 4 is 10.0 Å². The smallest absolute Gasteiger partial charge is 0.240 e. The lowest BCUT2D eigenvalue weighted by Crippen LogP contribution is -2.26. The summed E-state index contributed by atoms with van der Waals surface area (Å²) >= 11 is 0. The van der Waals surface area contributed by atoms with Crippen molar-refractivity contribution in [1.29, 1.82) is 0 Å². The molecule has 0 bridgehead atoms. The molecule has 1 fully saturated rings. The summed E-state index contributed by atoms with van der Waals surface area (Å²) in [6, 6.07) is 4.49. The Morgan fingerprint density at radius 2 is 2.04 bits per heavy atom. The van der Waals surface area contributed by atoms with Crippen LogP contribution in [-0.2, 0) is 19.5 Å². The van der Waals surface area contributed by atoms with Gasteiger partial charge in [0.1, 0.15) is 0 Å². The van der Waals surface area contributed by atoms with E-state index in [0.29, 0.717) is 37.7 Å². The van der Waals surface area contributed by atoms with Gasteiger partial charge >= 0.3 is 0 Å². The Balaban J connectivity index is 1.76. The number of nitrogens with one attached hydrogen (secondary N) is 1. The second kappa shape index (κ2) is 9.22. The lowest BCUT2D eigenvalue weighted by atomic mass is 10.2. The van der Waals surface area contributed by atoms with Crippen molar-refractivity contribution in [3.63, 3.8) is 0 Å². The summed E-state index contributed by atoms with van der Waals surface area (Å²) < 4.78 is 48.3. The fourth-order valence-corrected chi connectivity index (χ4v) is 3.53. The van der Waals surface area contributed by atoms with Crippen LogP contribution in [0.25, 0.3) is 0 Å². The van der Waals surface area contributed by atoms with Crippen molar-refractivity contribution in [2.24, 2.45) is 0 Å². The van der Waals surface area contributed by atoms with Crippen LogP contribution in [0.15, 0.2) is 23.1 Å². The highest BCUT2D eigenvalue weighted by Gasteiger charge is 2.17. The Morgan fingerprint density at radius 3 is 2.71 bits per heavy atom. The van der Waals surface area contributed by atoms with Gasteiger partial charge in [-0.3, -0.25) is 0 Å². The Bertz CT molecular complexity index is 613. The van der Waals surface area contributed by atoms with Crippen LogP contribution < -0.4 is 14.2 Å². The molecule has 0 radical (unpaired) electrons. The van der Waals surface area contributed by atoms with Gasteiger partial charge in [-0.05, 0) is 31.4 Å². The molecule has 1 atom stereocenters. The maximum atomic E-state index is 12.3. The van der Waals surface area contributed by atoms with E-state index in [-0.39, 0.29) is 11.0 Å². The van der Waals surface area contributed by atoms with Crippen LogP contribution in [0, 0.1) is 0 Å². The topological polar surface area (TPSA) is 83.1 Å². The van der Waals surface area contributed by atoms with Gasteiger partial charge < -0.3 is 18.9 Å².